The smallest absolute Gasteiger partial charge is 0.388 e. The second-order valence-electron chi connectivity index (χ2n) is 3.43. The Balaban J connectivity index is 2.54. The van der Waals surface area contributed by atoms with Crippen molar-refractivity contribution >= 4 is 8.17 Å². The van der Waals surface area contributed by atoms with Crippen molar-refractivity contribution in [2.75, 3.05) is 6.61 Å². The maximum atomic E-state index is 9.44. The van der Waals surface area contributed by atoms with Gasteiger partial charge < -0.3 is 25.8 Å². The van der Waals surface area contributed by atoms with Crippen LogP contribution in [0.2, 0.25) is 0 Å². The molecule has 10 heteroatoms. The number of hydrogen-bond donors (Lipinski definition) is 7. The predicted octanol–water partition coefficient (Wildman–Crippen LogP) is -3.58. The Morgan fingerprint density at radius 3 is 2.19 bits per heavy atom. The Labute approximate surface area is 91.3 Å². The fourth-order valence-electron chi connectivity index (χ4n) is 1.28. The molecular formula is C6H15NO8P+. The lowest BCUT2D eigenvalue weighted by Crippen LogP contribution is -2.61. The third-order valence-electron chi connectivity index (χ3n) is 2.18. The van der Waals surface area contributed by atoms with Gasteiger partial charge in [0.25, 0.3) is 0 Å². The van der Waals surface area contributed by atoms with Crippen molar-refractivity contribution in [1.82, 2.24) is 0 Å². The summed E-state index contributed by atoms with van der Waals surface area (Å²) in [5.74, 6) is 0. The van der Waals surface area contributed by atoms with Crippen LogP contribution in [-0.4, -0.2) is 67.3 Å². The summed E-state index contributed by atoms with van der Waals surface area (Å²) in [5, 5.41) is 28.0. The van der Waals surface area contributed by atoms with Gasteiger partial charge in [-0.3, -0.25) is 0 Å². The fourth-order valence-corrected chi connectivity index (χ4v) is 1.62. The summed E-state index contributed by atoms with van der Waals surface area (Å²) in [5.41, 5.74) is 5.29. The lowest BCUT2D eigenvalue weighted by Gasteiger charge is -2.38. The highest BCUT2D eigenvalue weighted by molar-refractivity contribution is 7.53. The molecule has 1 fully saturated rings. The Morgan fingerprint density at radius 1 is 1.12 bits per heavy atom. The molecule has 5 atom stereocenters. The Bertz CT molecular complexity index is 235. The summed E-state index contributed by atoms with van der Waals surface area (Å²) >= 11 is 0. The summed E-state index contributed by atoms with van der Waals surface area (Å²) in [6, 6.07) is -1.18. The van der Waals surface area contributed by atoms with E-state index in [1.54, 1.807) is 0 Å². The van der Waals surface area contributed by atoms with Crippen LogP contribution in [0.1, 0.15) is 0 Å². The van der Waals surface area contributed by atoms with E-state index in [0.29, 0.717) is 0 Å². The van der Waals surface area contributed by atoms with Gasteiger partial charge in [0.05, 0.1) is 6.04 Å². The van der Waals surface area contributed by atoms with E-state index in [2.05, 4.69) is 4.52 Å². The van der Waals surface area contributed by atoms with Crippen LogP contribution in [0.25, 0.3) is 0 Å². The van der Waals surface area contributed by atoms with Crippen molar-refractivity contribution in [1.29, 1.82) is 0 Å². The SMILES string of the molecule is NC1C(O)[C@H](O)C(CO[P+](O)(O)O)O[C@@H]1O. The average Bonchev–Trinajstić information content (AvgIpc) is 2.17. The zero-order valence-corrected chi connectivity index (χ0v) is 9.01. The van der Waals surface area contributed by atoms with E-state index >= 15 is 0 Å². The molecule has 96 valence electrons. The first-order valence-corrected chi connectivity index (χ1v) is 5.96. The molecule has 0 amide bonds. The molecule has 1 aliphatic heterocycles. The van der Waals surface area contributed by atoms with Crippen molar-refractivity contribution in [3.05, 3.63) is 0 Å². The van der Waals surface area contributed by atoms with Crippen molar-refractivity contribution in [2.24, 2.45) is 5.73 Å². The standard InChI is InChI=1S/C6H15NO8P/c7-3-5(9)4(8)2(15-6(3)10)1-14-16(11,12)13/h2-6,8-13H,1,7H2/q+1/t2?,3?,4-,5?,6+/m1/s1. The molecule has 0 aromatic carbocycles. The summed E-state index contributed by atoms with van der Waals surface area (Å²) in [4.78, 5) is 25.6. The fraction of sp³-hybridized carbons (Fsp3) is 1.00. The van der Waals surface area contributed by atoms with Gasteiger partial charge in [-0.25, -0.2) is 0 Å². The molecule has 0 bridgehead atoms. The molecule has 0 aromatic rings. The minimum absolute atomic E-state index is 0.612. The van der Waals surface area contributed by atoms with Crippen LogP contribution in [0.3, 0.4) is 0 Å². The molecule has 16 heavy (non-hydrogen) atoms. The molecule has 3 unspecified atom stereocenters. The van der Waals surface area contributed by atoms with Gasteiger partial charge in [0.1, 0.15) is 24.9 Å². The largest absolute Gasteiger partial charge is 0.567 e. The summed E-state index contributed by atoms with van der Waals surface area (Å²) < 4.78 is 8.96. The topological polar surface area (TPSA) is 166 Å². The zero-order chi connectivity index (χ0) is 12.5. The Hall–Kier alpha value is 0.0700. The summed E-state index contributed by atoms with van der Waals surface area (Å²) in [7, 11) is -4.45. The van der Waals surface area contributed by atoms with E-state index in [9.17, 15) is 15.3 Å². The van der Waals surface area contributed by atoms with Crippen molar-refractivity contribution in [2.45, 2.75) is 30.6 Å². The van der Waals surface area contributed by atoms with Crippen LogP contribution in [0.5, 0.6) is 0 Å². The molecule has 1 aliphatic rings. The van der Waals surface area contributed by atoms with E-state index in [0.717, 1.165) is 0 Å². The molecule has 8 N–H and O–H groups in total. The molecule has 0 spiro atoms. The van der Waals surface area contributed by atoms with Gasteiger partial charge in [-0.1, -0.05) is 0 Å². The Morgan fingerprint density at radius 2 is 1.69 bits per heavy atom. The monoisotopic (exact) mass is 260 g/mol. The first-order valence-electron chi connectivity index (χ1n) is 4.39. The second-order valence-corrected chi connectivity index (χ2v) is 4.72. The van der Waals surface area contributed by atoms with Crippen molar-refractivity contribution < 1.29 is 39.3 Å². The highest BCUT2D eigenvalue weighted by Gasteiger charge is 2.44. The number of nitrogens with two attached hydrogens (primary N) is 1. The van der Waals surface area contributed by atoms with Crippen LogP contribution in [-0.2, 0) is 9.26 Å². The first-order chi connectivity index (χ1) is 7.22. The molecule has 1 saturated heterocycles. The van der Waals surface area contributed by atoms with E-state index < -0.39 is 45.4 Å². The number of rotatable bonds is 3. The van der Waals surface area contributed by atoms with Crippen LogP contribution in [0.4, 0.5) is 0 Å². The van der Waals surface area contributed by atoms with Crippen LogP contribution < -0.4 is 5.73 Å². The maximum absolute atomic E-state index is 9.44. The molecule has 0 aliphatic carbocycles. The summed E-state index contributed by atoms with van der Waals surface area (Å²) in [6.45, 7) is -0.612. The third kappa shape index (κ3) is 3.54. The van der Waals surface area contributed by atoms with Gasteiger partial charge >= 0.3 is 8.17 Å². The minimum Gasteiger partial charge on any atom is -0.388 e. The lowest BCUT2D eigenvalue weighted by molar-refractivity contribution is -0.248. The normalized spacial score (nSPS) is 41.1. The zero-order valence-electron chi connectivity index (χ0n) is 8.12. The Kier molecular flexibility index (Phi) is 4.55. The van der Waals surface area contributed by atoms with E-state index in [4.69, 9.17) is 25.2 Å². The average molecular weight is 260 g/mol. The minimum atomic E-state index is -4.45. The van der Waals surface area contributed by atoms with Gasteiger partial charge in [0, 0.05) is 0 Å². The number of ether oxygens (including phenoxy) is 1. The molecule has 9 nitrogen and oxygen atoms in total. The van der Waals surface area contributed by atoms with Gasteiger partial charge in [-0.05, 0) is 0 Å². The maximum Gasteiger partial charge on any atom is 0.567 e. The lowest BCUT2D eigenvalue weighted by atomic mass is 9.98. The number of aliphatic hydroxyl groups is 3. The molecule has 1 rings (SSSR count). The van der Waals surface area contributed by atoms with Gasteiger partial charge in [-0.2, -0.15) is 19.2 Å². The molecule has 0 radical (unpaired) electrons. The van der Waals surface area contributed by atoms with E-state index in [1.807, 2.05) is 0 Å². The second kappa shape index (κ2) is 5.15. The molecule has 0 aromatic heterocycles. The van der Waals surface area contributed by atoms with Crippen molar-refractivity contribution in [3.8, 4) is 0 Å². The molecule has 0 saturated carbocycles. The van der Waals surface area contributed by atoms with E-state index in [-0.39, 0.29) is 0 Å². The highest BCUT2D eigenvalue weighted by atomic mass is 31.2. The van der Waals surface area contributed by atoms with Gasteiger partial charge in [0.2, 0.25) is 0 Å². The van der Waals surface area contributed by atoms with Gasteiger partial charge in [0.15, 0.2) is 6.29 Å². The quantitative estimate of drug-likeness (QED) is 0.254. The highest BCUT2D eigenvalue weighted by Crippen LogP contribution is 2.46. The number of aliphatic hydroxyl groups excluding tert-OH is 3. The predicted molar refractivity (Wildman–Crippen MR) is 50.4 cm³/mol. The van der Waals surface area contributed by atoms with Gasteiger partial charge in [-0.15, -0.1) is 0 Å². The van der Waals surface area contributed by atoms with Crippen molar-refractivity contribution in [3.63, 3.8) is 0 Å². The van der Waals surface area contributed by atoms with Crippen LogP contribution in [0.15, 0.2) is 0 Å². The first kappa shape index (κ1) is 14.1. The summed E-state index contributed by atoms with van der Waals surface area (Å²) in [6.07, 6.45) is -5.66. The van der Waals surface area contributed by atoms with Crippen LogP contribution in [0, 0.1) is 0 Å². The van der Waals surface area contributed by atoms with Crippen LogP contribution >= 0.6 is 8.17 Å². The number of hydrogen-bond acceptors (Lipinski definition) is 9. The van der Waals surface area contributed by atoms with E-state index in [1.165, 1.54) is 0 Å². The molecule has 1 heterocycles. The molecular weight excluding hydrogens is 245 g/mol. The third-order valence-corrected chi connectivity index (χ3v) is 2.68.